The lowest BCUT2D eigenvalue weighted by molar-refractivity contribution is -0.128. The fraction of sp³-hybridized carbons (Fsp3) is 0.308. The molecule has 47 heavy (non-hydrogen) atoms. The molecule has 2 atom stereocenters. The number of carboxylic acids is 1. The molecule has 0 aliphatic carbocycles. The van der Waals surface area contributed by atoms with Crippen LogP contribution in [0.1, 0.15) is 60.7 Å². The number of nitrogens with one attached hydrogen (secondary N) is 2. The summed E-state index contributed by atoms with van der Waals surface area (Å²) in [7, 11) is 0. The summed E-state index contributed by atoms with van der Waals surface area (Å²) < 4.78 is 5.98. The van der Waals surface area contributed by atoms with Crippen molar-refractivity contribution in [3.05, 3.63) is 125 Å². The predicted molar refractivity (Wildman–Crippen MR) is 184 cm³/mol. The predicted octanol–water partition coefficient (Wildman–Crippen LogP) is 6.38. The number of carbonyl (C=O) groups is 3. The number of hydrogen-bond donors (Lipinski definition) is 3. The third-order valence-electron chi connectivity index (χ3n) is 8.50. The van der Waals surface area contributed by atoms with Crippen molar-refractivity contribution in [2.45, 2.75) is 70.9 Å². The molecule has 4 aromatic rings. The highest BCUT2D eigenvalue weighted by atomic mass is 16.5. The van der Waals surface area contributed by atoms with Crippen LogP contribution < -0.4 is 15.5 Å². The number of carbonyl (C=O) groups excluding carboxylic acids is 2. The molecule has 0 saturated heterocycles. The maximum atomic E-state index is 14.0. The van der Waals surface area contributed by atoms with Gasteiger partial charge in [0, 0.05) is 24.2 Å². The second kappa shape index (κ2) is 15.2. The van der Waals surface area contributed by atoms with E-state index in [4.69, 9.17) is 4.74 Å². The van der Waals surface area contributed by atoms with Crippen LogP contribution in [0.3, 0.4) is 0 Å². The molecule has 3 N–H and O–H groups in total. The number of para-hydroxylation sites is 1. The van der Waals surface area contributed by atoms with Crippen LogP contribution >= 0.6 is 0 Å². The second-order valence-corrected chi connectivity index (χ2v) is 12.8. The lowest BCUT2D eigenvalue weighted by Crippen LogP contribution is -2.51. The fourth-order valence-corrected chi connectivity index (χ4v) is 5.91. The van der Waals surface area contributed by atoms with Gasteiger partial charge in [0.15, 0.2) is 0 Å². The Hall–Kier alpha value is -4.79. The number of carboxylic acid groups (broad SMARTS) is 1. The van der Waals surface area contributed by atoms with Gasteiger partial charge in [0.25, 0.3) is 0 Å². The molecule has 5 rings (SSSR count). The normalized spacial score (nSPS) is 15.4. The quantitative estimate of drug-likeness (QED) is 0.158. The van der Waals surface area contributed by atoms with Gasteiger partial charge in [-0.15, -0.1) is 0 Å². The molecule has 244 valence electrons. The first-order valence-electron chi connectivity index (χ1n) is 16.1. The summed E-state index contributed by atoms with van der Waals surface area (Å²) in [4.78, 5) is 40.9. The van der Waals surface area contributed by atoms with E-state index in [-0.39, 0.29) is 29.9 Å². The minimum Gasteiger partial charge on any atom is -0.478 e. The van der Waals surface area contributed by atoms with Gasteiger partial charge in [-0.3, -0.25) is 9.59 Å². The molecule has 0 unspecified atom stereocenters. The van der Waals surface area contributed by atoms with E-state index in [9.17, 15) is 19.5 Å². The van der Waals surface area contributed by atoms with Gasteiger partial charge in [0.2, 0.25) is 11.8 Å². The molecule has 1 aliphatic heterocycles. The maximum absolute atomic E-state index is 14.0. The smallest absolute Gasteiger partial charge is 0.336 e. The van der Waals surface area contributed by atoms with E-state index < -0.39 is 17.6 Å². The third-order valence-corrected chi connectivity index (χ3v) is 8.50. The van der Waals surface area contributed by atoms with Crippen molar-refractivity contribution in [2.75, 3.05) is 11.4 Å². The number of aryl methyl sites for hydroxylation is 1. The standard InChI is InChI=1S/C39H43N3O5/c1-27(47-26-29-11-5-4-6-12-29)24-40-39(2,3)23-36(43)41-34-22-21-31-13-7-10-16-35(31)42(37(34)44)25-28-17-19-30(20-18-28)32-14-8-9-15-33(32)38(45)46/h4-20,27,34,40H,21-26H2,1-3H3,(H,41,43)(H,45,46)/t27-,34-/m1/s1. The largest absolute Gasteiger partial charge is 0.478 e. The summed E-state index contributed by atoms with van der Waals surface area (Å²) in [5, 5.41) is 16.1. The zero-order valence-electron chi connectivity index (χ0n) is 27.2. The molecule has 1 aliphatic rings. The van der Waals surface area contributed by atoms with Crippen LogP contribution in [0.5, 0.6) is 0 Å². The molecule has 0 fully saturated rings. The molecule has 0 aromatic heterocycles. The van der Waals surface area contributed by atoms with Crippen molar-refractivity contribution in [3.63, 3.8) is 0 Å². The average Bonchev–Trinajstić information content (AvgIpc) is 3.19. The lowest BCUT2D eigenvalue weighted by Gasteiger charge is -2.30. The Balaban J connectivity index is 1.22. The second-order valence-electron chi connectivity index (χ2n) is 12.8. The summed E-state index contributed by atoms with van der Waals surface area (Å²) in [5.74, 6) is -1.32. The van der Waals surface area contributed by atoms with Crippen LogP contribution in [-0.4, -0.2) is 47.1 Å². The summed E-state index contributed by atoms with van der Waals surface area (Å²) in [5.41, 5.74) is 5.04. The molecule has 0 bridgehead atoms. The molecular weight excluding hydrogens is 590 g/mol. The summed E-state index contributed by atoms with van der Waals surface area (Å²) >= 11 is 0. The first-order chi connectivity index (χ1) is 22.6. The molecule has 1 heterocycles. The molecule has 4 aromatic carbocycles. The molecule has 0 saturated carbocycles. The highest BCUT2D eigenvalue weighted by Crippen LogP contribution is 2.30. The molecule has 8 heteroatoms. The van der Waals surface area contributed by atoms with Gasteiger partial charge in [0.05, 0.1) is 24.8 Å². The number of aromatic carboxylic acids is 1. The van der Waals surface area contributed by atoms with Crippen LogP contribution in [0.2, 0.25) is 0 Å². The van der Waals surface area contributed by atoms with E-state index in [1.165, 1.54) is 0 Å². The fourth-order valence-electron chi connectivity index (χ4n) is 5.91. The Morgan fingerprint density at radius 2 is 1.60 bits per heavy atom. The van der Waals surface area contributed by atoms with Gasteiger partial charge in [-0.1, -0.05) is 91.0 Å². The summed E-state index contributed by atoms with van der Waals surface area (Å²) in [6, 6.07) is 31.7. The van der Waals surface area contributed by atoms with E-state index in [0.29, 0.717) is 38.1 Å². The van der Waals surface area contributed by atoms with Crippen molar-refractivity contribution < 1.29 is 24.2 Å². The van der Waals surface area contributed by atoms with Crippen LogP contribution in [0.15, 0.2) is 103 Å². The van der Waals surface area contributed by atoms with Gasteiger partial charge in [-0.25, -0.2) is 4.79 Å². The van der Waals surface area contributed by atoms with Crippen molar-refractivity contribution >= 4 is 23.5 Å². The topological polar surface area (TPSA) is 108 Å². The highest BCUT2D eigenvalue weighted by Gasteiger charge is 2.33. The number of rotatable bonds is 13. The monoisotopic (exact) mass is 633 g/mol. The molecule has 2 amide bonds. The Morgan fingerprint density at radius 1 is 0.915 bits per heavy atom. The Morgan fingerprint density at radius 3 is 2.34 bits per heavy atom. The van der Waals surface area contributed by atoms with Crippen molar-refractivity contribution in [1.82, 2.24) is 10.6 Å². The molecule has 0 radical (unpaired) electrons. The van der Waals surface area contributed by atoms with Gasteiger partial charge in [0.1, 0.15) is 6.04 Å². The van der Waals surface area contributed by atoms with Crippen molar-refractivity contribution in [3.8, 4) is 11.1 Å². The molecular formula is C39H43N3O5. The number of benzene rings is 4. The number of fused-ring (bicyclic) bond motifs is 1. The summed E-state index contributed by atoms with van der Waals surface area (Å²) in [6.45, 7) is 7.38. The average molecular weight is 634 g/mol. The minimum atomic E-state index is -0.980. The SMILES string of the molecule is C[C@H](CNC(C)(C)CC(=O)N[C@@H]1CCc2ccccc2N(Cc2ccc(-c3ccccc3C(=O)O)cc2)C1=O)OCc1ccccc1. The zero-order chi connectivity index (χ0) is 33.4. The number of ether oxygens (including phenoxy) is 1. The van der Waals surface area contributed by atoms with E-state index in [2.05, 4.69) is 10.6 Å². The zero-order valence-corrected chi connectivity index (χ0v) is 27.2. The van der Waals surface area contributed by atoms with Crippen LogP contribution in [-0.2, 0) is 33.9 Å². The lowest BCUT2D eigenvalue weighted by atomic mass is 9.98. The van der Waals surface area contributed by atoms with E-state index in [1.54, 1.807) is 23.1 Å². The number of nitrogens with zero attached hydrogens (tertiary/aromatic N) is 1. The van der Waals surface area contributed by atoms with E-state index in [1.807, 2.05) is 106 Å². The van der Waals surface area contributed by atoms with E-state index in [0.717, 1.165) is 27.9 Å². The maximum Gasteiger partial charge on any atom is 0.336 e. The number of amides is 2. The van der Waals surface area contributed by atoms with Gasteiger partial charge in [-0.05, 0) is 73.6 Å². The van der Waals surface area contributed by atoms with Crippen LogP contribution in [0, 0.1) is 0 Å². The van der Waals surface area contributed by atoms with Crippen molar-refractivity contribution in [2.24, 2.45) is 0 Å². The Kier molecular flexibility index (Phi) is 10.9. The number of anilines is 1. The third kappa shape index (κ3) is 8.93. The first kappa shape index (κ1) is 33.6. The highest BCUT2D eigenvalue weighted by molar-refractivity contribution is 6.00. The minimum absolute atomic E-state index is 0.0472. The van der Waals surface area contributed by atoms with Crippen LogP contribution in [0.4, 0.5) is 5.69 Å². The van der Waals surface area contributed by atoms with Gasteiger partial charge >= 0.3 is 5.97 Å². The molecule has 8 nitrogen and oxygen atoms in total. The van der Waals surface area contributed by atoms with Crippen molar-refractivity contribution in [1.29, 1.82) is 0 Å². The Labute approximate surface area is 276 Å². The summed E-state index contributed by atoms with van der Waals surface area (Å²) in [6.07, 6.45) is 1.32. The van der Waals surface area contributed by atoms with Gasteiger partial charge in [-0.2, -0.15) is 0 Å². The van der Waals surface area contributed by atoms with E-state index >= 15 is 0 Å². The Bertz CT molecular complexity index is 1690. The number of hydrogen-bond acceptors (Lipinski definition) is 5. The first-order valence-corrected chi connectivity index (χ1v) is 16.1. The molecule has 0 spiro atoms. The van der Waals surface area contributed by atoms with Crippen LogP contribution in [0.25, 0.3) is 11.1 Å². The van der Waals surface area contributed by atoms with Gasteiger partial charge < -0.3 is 25.4 Å².